The van der Waals surface area contributed by atoms with Crippen molar-refractivity contribution in [3.63, 3.8) is 0 Å². The molecule has 0 radical (unpaired) electrons. The van der Waals surface area contributed by atoms with Gasteiger partial charge in [0.1, 0.15) is 5.82 Å². The number of hydrogen-bond donors (Lipinski definition) is 0. The van der Waals surface area contributed by atoms with Gasteiger partial charge < -0.3 is 4.90 Å². The topological polar surface area (TPSA) is 15.9 Å². The lowest BCUT2D eigenvalue weighted by Gasteiger charge is -2.16. The fourth-order valence-corrected chi connectivity index (χ4v) is 4.36. The van der Waals surface area contributed by atoms with Crippen molar-refractivity contribution in [2.45, 2.75) is 12.1 Å². The van der Waals surface area contributed by atoms with E-state index in [-0.39, 0.29) is 0 Å². The van der Waals surface area contributed by atoms with E-state index < -0.39 is 0 Å². The number of para-hydroxylation sites is 1. The molecule has 1 aromatic heterocycles. The van der Waals surface area contributed by atoms with Crippen LogP contribution in [0.25, 0.3) is 22.0 Å². The minimum absolute atomic E-state index is 0.403. The second kappa shape index (κ2) is 4.70. The molecule has 6 rings (SSSR count). The van der Waals surface area contributed by atoms with Crippen molar-refractivity contribution in [3.05, 3.63) is 96.1 Å². The molecule has 0 N–H and O–H groups in total. The lowest BCUT2D eigenvalue weighted by Crippen LogP contribution is -1.98. The fourth-order valence-electron chi connectivity index (χ4n) is 4.36. The highest BCUT2D eigenvalue weighted by Crippen LogP contribution is 2.62. The van der Waals surface area contributed by atoms with Crippen LogP contribution in [0.2, 0.25) is 0 Å². The summed E-state index contributed by atoms with van der Waals surface area (Å²) >= 11 is 0. The highest BCUT2D eigenvalue weighted by atomic mass is 15.4. The number of fused-ring (bicyclic) bond motifs is 7. The van der Waals surface area contributed by atoms with Crippen LogP contribution in [-0.4, -0.2) is 4.98 Å². The summed E-state index contributed by atoms with van der Waals surface area (Å²) in [5.74, 6) is 1.07. The molecule has 2 atom stereocenters. The van der Waals surface area contributed by atoms with Crippen molar-refractivity contribution >= 4 is 16.7 Å². The normalized spacial score (nSPS) is 19.9. The largest absolute Gasteiger partial charge is 0.338 e. The Morgan fingerprint density at radius 1 is 0.600 bits per heavy atom. The third kappa shape index (κ3) is 1.77. The molecular formula is C23H16N2. The Bertz CT molecular complexity index is 1080. The Labute approximate surface area is 146 Å². The average Bonchev–Trinajstić information content (AvgIpc) is 3.44. The fraction of sp³-hybridized carbons (Fsp3) is 0.0870. The van der Waals surface area contributed by atoms with Gasteiger partial charge >= 0.3 is 0 Å². The molecule has 2 aliphatic rings. The first-order valence-corrected chi connectivity index (χ1v) is 8.74. The molecule has 1 saturated heterocycles. The minimum atomic E-state index is 0.403. The molecule has 0 saturated carbocycles. The summed E-state index contributed by atoms with van der Waals surface area (Å²) in [7, 11) is 0. The highest BCUT2D eigenvalue weighted by Gasteiger charge is 2.54. The van der Waals surface area contributed by atoms with Gasteiger partial charge in [0.15, 0.2) is 0 Å². The molecule has 2 heteroatoms. The summed E-state index contributed by atoms with van der Waals surface area (Å²) in [6, 6.07) is 31.1. The SMILES string of the molecule is c1ccc2c(c1)-c1ccccc1C1C2N1c1ccc2ccccc2n1. The molecule has 118 valence electrons. The van der Waals surface area contributed by atoms with E-state index in [1.54, 1.807) is 0 Å². The first kappa shape index (κ1) is 13.2. The van der Waals surface area contributed by atoms with Gasteiger partial charge in [0.2, 0.25) is 0 Å². The van der Waals surface area contributed by atoms with Gasteiger partial charge in [-0.05, 0) is 40.5 Å². The predicted molar refractivity (Wildman–Crippen MR) is 102 cm³/mol. The maximum absolute atomic E-state index is 4.93. The monoisotopic (exact) mass is 320 g/mol. The Kier molecular flexibility index (Phi) is 2.48. The molecule has 1 fully saturated rings. The molecule has 0 bridgehead atoms. The van der Waals surface area contributed by atoms with Crippen molar-refractivity contribution < 1.29 is 0 Å². The zero-order valence-corrected chi connectivity index (χ0v) is 13.6. The van der Waals surface area contributed by atoms with Gasteiger partial charge in [-0.25, -0.2) is 4.98 Å². The Morgan fingerprint density at radius 3 is 1.92 bits per heavy atom. The van der Waals surface area contributed by atoms with Crippen LogP contribution in [-0.2, 0) is 0 Å². The standard InChI is InChI=1S/C23H16N2/c1-6-12-20-15(7-1)13-14-21(24-20)25-22-18-10-4-2-8-16(18)17-9-3-5-11-19(17)23(22)25/h1-14,22-23H. The van der Waals surface area contributed by atoms with Gasteiger partial charge in [-0.3, -0.25) is 0 Å². The molecular weight excluding hydrogens is 304 g/mol. The summed E-state index contributed by atoms with van der Waals surface area (Å²) in [5.41, 5.74) is 6.62. The van der Waals surface area contributed by atoms with E-state index in [4.69, 9.17) is 4.98 Å². The maximum Gasteiger partial charge on any atom is 0.130 e. The quantitative estimate of drug-likeness (QED) is 0.429. The number of rotatable bonds is 1. The average molecular weight is 320 g/mol. The molecule has 2 nitrogen and oxygen atoms in total. The van der Waals surface area contributed by atoms with Gasteiger partial charge in [-0.15, -0.1) is 0 Å². The van der Waals surface area contributed by atoms with E-state index in [1.165, 1.54) is 27.6 Å². The smallest absolute Gasteiger partial charge is 0.130 e. The minimum Gasteiger partial charge on any atom is -0.338 e. The molecule has 1 aliphatic carbocycles. The Hall–Kier alpha value is -3.13. The van der Waals surface area contributed by atoms with Crippen LogP contribution < -0.4 is 4.90 Å². The van der Waals surface area contributed by atoms with Crippen LogP contribution >= 0.6 is 0 Å². The summed E-state index contributed by atoms with van der Waals surface area (Å²) < 4.78 is 0. The number of aromatic nitrogens is 1. The third-order valence-electron chi connectivity index (χ3n) is 5.51. The molecule has 0 amide bonds. The predicted octanol–water partition coefficient (Wildman–Crippen LogP) is 5.52. The summed E-state index contributed by atoms with van der Waals surface area (Å²) in [5, 5.41) is 1.19. The van der Waals surface area contributed by atoms with Crippen molar-refractivity contribution in [1.82, 2.24) is 4.98 Å². The summed E-state index contributed by atoms with van der Waals surface area (Å²) in [4.78, 5) is 7.39. The van der Waals surface area contributed by atoms with Gasteiger partial charge in [-0.1, -0.05) is 66.7 Å². The van der Waals surface area contributed by atoms with Crippen molar-refractivity contribution in [3.8, 4) is 11.1 Å². The molecule has 25 heavy (non-hydrogen) atoms. The Morgan fingerprint density at radius 2 is 1.20 bits per heavy atom. The van der Waals surface area contributed by atoms with E-state index in [9.17, 15) is 0 Å². The second-order valence-electron chi connectivity index (χ2n) is 6.83. The Balaban J connectivity index is 1.54. The van der Waals surface area contributed by atoms with Crippen LogP contribution in [0.1, 0.15) is 23.2 Å². The van der Waals surface area contributed by atoms with E-state index in [1.807, 2.05) is 0 Å². The molecule has 3 aromatic carbocycles. The number of pyridine rings is 1. The van der Waals surface area contributed by atoms with Crippen molar-refractivity contribution in [2.24, 2.45) is 0 Å². The first-order valence-electron chi connectivity index (χ1n) is 8.74. The van der Waals surface area contributed by atoms with Crippen LogP contribution in [0.3, 0.4) is 0 Å². The van der Waals surface area contributed by atoms with E-state index in [0.717, 1.165) is 11.3 Å². The first-order chi connectivity index (χ1) is 12.4. The second-order valence-corrected chi connectivity index (χ2v) is 6.83. The van der Waals surface area contributed by atoms with Gasteiger partial charge in [0.25, 0.3) is 0 Å². The van der Waals surface area contributed by atoms with Gasteiger partial charge in [0.05, 0.1) is 17.6 Å². The third-order valence-corrected chi connectivity index (χ3v) is 5.51. The lowest BCUT2D eigenvalue weighted by atomic mass is 9.86. The van der Waals surface area contributed by atoms with Crippen molar-refractivity contribution in [1.29, 1.82) is 0 Å². The molecule has 0 spiro atoms. The molecule has 2 unspecified atom stereocenters. The lowest BCUT2D eigenvalue weighted by molar-refractivity contribution is 1.01. The summed E-state index contributed by atoms with van der Waals surface area (Å²) in [6.45, 7) is 0. The number of benzene rings is 3. The van der Waals surface area contributed by atoms with E-state index in [0.29, 0.717) is 12.1 Å². The van der Waals surface area contributed by atoms with Crippen LogP contribution in [0.5, 0.6) is 0 Å². The highest BCUT2D eigenvalue weighted by molar-refractivity contribution is 5.84. The van der Waals surface area contributed by atoms with Gasteiger partial charge in [0, 0.05) is 5.39 Å². The van der Waals surface area contributed by atoms with Crippen LogP contribution in [0, 0.1) is 0 Å². The van der Waals surface area contributed by atoms with Gasteiger partial charge in [-0.2, -0.15) is 0 Å². The number of anilines is 1. The number of nitrogens with zero attached hydrogens (tertiary/aromatic N) is 2. The molecule has 2 heterocycles. The van der Waals surface area contributed by atoms with E-state index >= 15 is 0 Å². The molecule has 1 aliphatic heterocycles. The number of hydrogen-bond acceptors (Lipinski definition) is 2. The zero-order valence-electron chi connectivity index (χ0n) is 13.6. The van der Waals surface area contributed by atoms with Crippen LogP contribution in [0.4, 0.5) is 5.82 Å². The molecule has 4 aromatic rings. The maximum atomic E-state index is 4.93. The van der Waals surface area contributed by atoms with Crippen molar-refractivity contribution in [2.75, 3.05) is 4.90 Å². The van der Waals surface area contributed by atoms with Crippen LogP contribution in [0.15, 0.2) is 84.9 Å². The van der Waals surface area contributed by atoms with E-state index in [2.05, 4.69) is 89.8 Å². The summed E-state index contributed by atoms with van der Waals surface area (Å²) in [6.07, 6.45) is 0. The zero-order chi connectivity index (χ0) is 16.4.